The van der Waals surface area contributed by atoms with Crippen LogP contribution >= 0.6 is 0 Å². The minimum absolute atomic E-state index is 0. The molecule has 5 nitrogen and oxygen atoms in total. The maximum Gasteiger partial charge on any atom is 1.00 e. The van der Waals surface area contributed by atoms with Crippen LogP contribution in [0.2, 0.25) is 0 Å². The molecule has 3 N–H and O–H groups in total. The molecular formula is C10H7KN4OS. The van der Waals surface area contributed by atoms with Crippen molar-refractivity contribution < 1.29 is 51.4 Å². The molecule has 2 aromatic heterocycles. The molecule has 7 heteroatoms. The molecule has 3 rings (SSSR count). The van der Waals surface area contributed by atoms with Crippen LogP contribution in [0.4, 0.5) is 0 Å². The Bertz CT molecular complexity index is 764. The van der Waals surface area contributed by atoms with E-state index in [9.17, 15) is 4.79 Å². The SMILES string of the molecule is Nn1c([S-])nc2c([nH]c3ccccc32)c1=O.[K+]. The molecule has 0 aliphatic heterocycles. The van der Waals surface area contributed by atoms with Crippen LogP contribution in [0.1, 0.15) is 0 Å². The Kier molecular flexibility index (Phi) is 3.57. The van der Waals surface area contributed by atoms with Crippen molar-refractivity contribution in [3.8, 4) is 0 Å². The van der Waals surface area contributed by atoms with E-state index in [1.807, 2.05) is 24.3 Å². The van der Waals surface area contributed by atoms with Gasteiger partial charge in [0.25, 0.3) is 5.56 Å². The van der Waals surface area contributed by atoms with Gasteiger partial charge in [0.05, 0.1) is 0 Å². The number of nitrogens with zero attached hydrogens (tertiary/aromatic N) is 2. The topological polar surface area (TPSA) is 76.7 Å². The van der Waals surface area contributed by atoms with Gasteiger partial charge in [0.2, 0.25) is 0 Å². The zero-order valence-corrected chi connectivity index (χ0v) is 13.0. The van der Waals surface area contributed by atoms with E-state index in [2.05, 4.69) is 9.97 Å². The molecule has 0 fully saturated rings. The Morgan fingerprint density at radius 2 is 2.06 bits per heavy atom. The molecular weight excluding hydrogens is 263 g/mol. The van der Waals surface area contributed by atoms with Crippen LogP contribution in [0, 0.1) is 0 Å². The minimum Gasteiger partial charge on any atom is -0.740 e. The van der Waals surface area contributed by atoms with Gasteiger partial charge in [-0.15, -0.1) is 0 Å². The summed E-state index contributed by atoms with van der Waals surface area (Å²) in [4.78, 5) is 19.0. The van der Waals surface area contributed by atoms with E-state index in [4.69, 9.17) is 18.5 Å². The summed E-state index contributed by atoms with van der Waals surface area (Å²) in [7, 11) is 0. The first kappa shape index (κ1) is 13.0. The number of para-hydroxylation sites is 1. The number of benzene rings is 1. The number of hydrogen-bond donors (Lipinski definition) is 2. The molecule has 0 amide bonds. The van der Waals surface area contributed by atoms with Gasteiger partial charge < -0.3 is 23.5 Å². The third-order valence-corrected chi connectivity index (χ3v) is 2.81. The van der Waals surface area contributed by atoms with E-state index in [0.29, 0.717) is 11.0 Å². The molecule has 0 aliphatic carbocycles. The van der Waals surface area contributed by atoms with Crippen molar-refractivity contribution in [3.63, 3.8) is 0 Å². The van der Waals surface area contributed by atoms with Crippen molar-refractivity contribution in [2.24, 2.45) is 0 Å². The van der Waals surface area contributed by atoms with E-state index in [1.54, 1.807) is 0 Å². The van der Waals surface area contributed by atoms with Gasteiger partial charge in [-0.05, 0) is 6.07 Å². The summed E-state index contributed by atoms with van der Waals surface area (Å²) < 4.78 is 0.868. The Hall–Kier alpha value is -0.444. The Morgan fingerprint density at radius 1 is 1.35 bits per heavy atom. The van der Waals surface area contributed by atoms with Gasteiger partial charge in [0.1, 0.15) is 11.0 Å². The number of rotatable bonds is 0. The van der Waals surface area contributed by atoms with Gasteiger partial charge in [-0.1, -0.05) is 18.2 Å². The standard InChI is InChI=1S/C10H8N4OS.K/c11-14-9(15)8-7(13-10(14)16)5-3-1-2-4-6(5)12-8;/h1-4,12H,11H2,(H,13,16);/q;+1/p-1. The Balaban J connectivity index is 0.00000108. The fourth-order valence-electron chi connectivity index (χ4n) is 1.75. The fraction of sp³-hybridized carbons (Fsp3) is 0. The first-order valence-corrected chi connectivity index (χ1v) is 5.05. The van der Waals surface area contributed by atoms with Crippen LogP contribution in [0.25, 0.3) is 21.9 Å². The van der Waals surface area contributed by atoms with Crippen molar-refractivity contribution in [1.82, 2.24) is 14.6 Å². The van der Waals surface area contributed by atoms with Crippen LogP contribution in [0.3, 0.4) is 0 Å². The number of fused-ring (bicyclic) bond motifs is 3. The van der Waals surface area contributed by atoms with Crippen molar-refractivity contribution in [3.05, 3.63) is 34.6 Å². The molecule has 0 saturated carbocycles. The molecule has 0 aliphatic rings. The molecule has 0 saturated heterocycles. The van der Waals surface area contributed by atoms with Gasteiger partial charge in [0.15, 0.2) is 0 Å². The second-order valence-corrected chi connectivity index (χ2v) is 3.83. The monoisotopic (exact) mass is 270 g/mol. The van der Waals surface area contributed by atoms with E-state index >= 15 is 0 Å². The number of aromatic nitrogens is 3. The summed E-state index contributed by atoms with van der Waals surface area (Å²) in [6.45, 7) is 0. The number of nitrogen functional groups attached to an aromatic ring is 1. The number of nitrogens with one attached hydrogen (secondary N) is 1. The van der Waals surface area contributed by atoms with E-state index < -0.39 is 0 Å². The zero-order valence-electron chi connectivity index (χ0n) is 9.10. The summed E-state index contributed by atoms with van der Waals surface area (Å²) in [5.41, 5.74) is 1.46. The predicted octanol–water partition coefficient (Wildman–Crippen LogP) is -2.50. The van der Waals surface area contributed by atoms with Crippen LogP contribution in [-0.4, -0.2) is 14.6 Å². The predicted molar refractivity (Wildman–Crippen MR) is 63.6 cm³/mol. The second-order valence-electron chi connectivity index (χ2n) is 3.46. The van der Waals surface area contributed by atoms with Crippen LogP contribution < -0.4 is 62.8 Å². The average Bonchev–Trinajstić information content (AvgIpc) is 2.65. The summed E-state index contributed by atoms with van der Waals surface area (Å²) >= 11 is 4.91. The number of nitrogens with two attached hydrogens (primary N) is 1. The molecule has 3 aromatic rings. The van der Waals surface area contributed by atoms with Crippen molar-refractivity contribution in [1.29, 1.82) is 0 Å². The molecule has 2 heterocycles. The number of hydrogen-bond acceptors (Lipinski definition) is 4. The second kappa shape index (κ2) is 4.67. The molecule has 0 spiro atoms. The average molecular weight is 270 g/mol. The molecule has 0 atom stereocenters. The van der Waals surface area contributed by atoms with Crippen LogP contribution in [0.15, 0.2) is 34.2 Å². The minimum atomic E-state index is -0.355. The zero-order chi connectivity index (χ0) is 11.3. The Labute approximate surface area is 144 Å². The van der Waals surface area contributed by atoms with Gasteiger partial charge >= 0.3 is 51.4 Å². The summed E-state index contributed by atoms with van der Waals surface area (Å²) in [6.07, 6.45) is 0. The third kappa shape index (κ3) is 1.92. The summed E-state index contributed by atoms with van der Waals surface area (Å²) in [6, 6.07) is 7.53. The number of H-pyrrole nitrogens is 1. The van der Waals surface area contributed by atoms with E-state index in [0.717, 1.165) is 15.6 Å². The van der Waals surface area contributed by atoms with E-state index in [1.165, 1.54) is 0 Å². The van der Waals surface area contributed by atoms with Gasteiger partial charge in [-0.3, -0.25) is 9.78 Å². The normalized spacial score (nSPS) is 10.6. The molecule has 0 bridgehead atoms. The van der Waals surface area contributed by atoms with E-state index in [-0.39, 0.29) is 62.1 Å². The van der Waals surface area contributed by atoms with Gasteiger partial charge in [-0.25, -0.2) is 4.68 Å². The van der Waals surface area contributed by atoms with Gasteiger partial charge in [0, 0.05) is 16.1 Å². The molecule has 0 unspecified atom stereocenters. The molecule has 17 heavy (non-hydrogen) atoms. The van der Waals surface area contributed by atoms with Gasteiger partial charge in [-0.2, -0.15) is 0 Å². The Morgan fingerprint density at radius 3 is 2.82 bits per heavy atom. The van der Waals surface area contributed by atoms with Crippen LogP contribution in [-0.2, 0) is 12.6 Å². The quantitative estimate of drug-likeness (QED) is 0.205. The van der Waals surface area contributed by atoms with Crippen molar-refractivity contribution in [2.75, 3.05) is 5.84 Å². The summed E-state index contributed by atoms with van der Waals surface area (Å²) in [5.74, 6) is 5.49. The van der Waals surface area contributed by atoms with Crippen LogP contribution in [0.5, 0.6) is 0 Å². The smallest absolute Gasteiger partial charge is 0.740 e. The maximum atomic E-state index is 11.8. The molecule has 1 aromatic carbocycles. The first-order chi connectivity index (χ1) is 7.68. The van der Waals surface area contributed by atoms with Crippen molar-refractivity contribution in [2.45, 2.75) is 5.16 Å². The first-order valence-electron chi connectivity index (χ1n) is 4.64. The van der Waals surface area contributed by atoms with Crippen molar-refractivity contribution >= 4 is 34.6 Å². The molecule has 80 valence electrons. The summed E-state index contributed by atoms with van der Waals surface area (Å²) in [5, 5.41) is 0.962. The maximum absolute atomic E-state index is 11.8. The largest absolute Gasteiger partial charge is 1.00 e. The molecule has 0 radical (unpaired) electrons. The fourth-order valence-corrected chi connectivity index (χ4v) is 1.93. The third-order valence-electron chi connectivity index (χ3n) is 2.52. The number of aromatic amines is 1.